The minimum absolute atomic E-state index is 0.0179. The summed E-state index contributed by atoms with van der Waals surface area (Å²) >= 11 is 0. The molecule has 0 fully saturated rings. The van der Waals surface area contributed by atoms with Crippen LogP contribution in [0.2, 0.25) is 0 Å². The molecule has 2 rings (SSSR count). The first-order valence-electron chi connectivity index (χ1n) is 5.34. The van der Waals surface area contributed by atoms with Gasteiger partial charge in [-0.1, -0.05) is 12.1 Å². The highest BCUT2D eigenvalue weighted by molar-refractivity contribution is 5.94. The minimum Gasteiger partial charge on any atom is -0.478 e. The molecule has 0 spiro atoms. The van der Waals surface area contributed by atoms with Crippen molar-refractivity contribution >= 4 is 11.7 Å². The Morgan fingerprint density at radius 1 is 1.28 bits per heavy atom. The molecule has 0 saturated carbocycles. The van der Waals surface area contributed by atoms with Gasteiger partial charge in [-0.3, -0.25) is 4.98 Å². The number of nitrogens with one attached hydrogen (secondary N) is 1. The van der Waals surface area contributed by atoms with Gasteiger partial charge in [0.1, 0.15) is 5.82 Å². The number of benzene rings is 1. The number of aromatic carboxylic acids is 1. The summed E-state index contributed by atoms with van der Waals surface area (Å²) in [7, 11) is 0. The van der Waals surface area contributed by atoms with Crippen LogP contribution in [0, 0.1) is 5.82 Å². The number of hydrogen-bond donors (Lipinski definition) is 2. The molecule has 0 atom stereocenters. The van der Waals surface area contributed by atoms with E-state index in [9.17, 15) is 9.18 Å². The molecule has 1 aromatic heterocycles. The third-order valence-electron chi connectivity index (χ3n) is 2.42. The van der Waals surface area contributed by atoms with E-state index < -0.39 is 11.8 Å². The predicted molar refractivity (Wildman–Crippen MR) is 64.9 cm³/mol. The zero-order valence-corrected chi connectivity index (χ0v) is 9.43. The van der Waals surface area contributed by atoms with E-state index in [1.807, 2.05) is 6.07 Å². The second kappa shape index (κ2) is 5.27. The molecule has 4 nitrogen and oxygen atoms in total. The molecule has 0 unspecified atom stereocenters. The largest absolute Gasteiger partial charge is 0.478 e. The highest BCUT2D eigenvalue weighted by Gasteiger charge is 2.13. The SMILES string of the molecule is O=C(O)c1cccc(F)c1NCc1ccccn1. The van der Waals surface area contributed by atoms with Crippen molar-refractivity contribution in [1.82, 2.24) is 4.98 Å². The third kappa shape index (κ3) is 2.63. The zero-order valence-electron chi connectivity index (χ0n) is 9.43. The van der Waals surface area contributed by atoms with Crippen LogP contribution in [0.15, 0.2) is 42.6 Å². The van der Waals surface area contributed by atoms with Crippen LogP contribution in [0.5, 0.6) is 0 Å². The van der Waals surface area contributed by atoms with Crippen LogP contribution in [-0.2, 0) is 6.54 Å². The molecule has 5 heteroatoms. The number of carbonyl (C=O) groups is 1. The van der Waals surface area contributed by atoms with Crippen LogP contribution in [-0.4, -0.2) is 16.1 Å². The molecule has 2 N–H and O–H groups in total. The van der Waals surface area contributed by atoms with E-state index in [1.165, 1.54) is 18.2 Å². The summed E-state index contributed by atoms with van der Waals surface area (Å²) in [5, 5.41) is 11.7. The summed E-state index contributed by atoms with van der Waals surface area (Å²) in [6.07, 6.45) is 1.62. The molecular formula is C13H11FN2O2. The quantitative estimate of drug-likeness (QED) is 0.870. The van der Waals surface area contributed by atoms with Gasteiger partial charge in [0.25, 0.3) is 0 Å². The lowest BCUT2D eigenvalue weighted by atomic mass is 10.1. The molecule has 0 bridgehead atoms. The number of halogens is 1. The zero-order chi connectivity index (χ0) is 13.0. The maximum atomic E-state index is 13.6. The van der Waals surface area contributed by atoms with Crippen molar-refractivity contribution in [3.63, 3.8) is 0 Å². The van der Waals surface area contributed by atoms with Crippen molar-refractivity contribution in [2.45, 2.75) is 6.54 Å². The highest BCUT2D eigenvalue weighted by Crippen LogP contribution is 2.20. The second-order valence-electron chi connectivity index (χ2n) is 3.64. The molecule has 92 valence electrons. The lowest BCUT2D eigenvalue weighted by Gasteiger charge is -2.10. The Labute approximate surface area is 103 Å². The maximum Gasteiger partial charge on any atom is 0.337 e. The molecular weight excluding hydrogens is 235 g/mol. The van der Waals surface area contributed by atoms with Crippen LogP contribution < -0.4 is 5.32 Å². The standard InChI is InChI=1S/C13H11FN2O2/c14-11-6-3-5-10(13(17)18)12(11)16-8-9-4-1-2-7-15-9/h1-7,16H,8H2,(H,17,18). The molecule has 0 radical (unpaired) electrons. The van der Waals surface area contributed by atoms with Gasteiger partial charge in [0.05, 0.1) is 23.5 Å². The Morgan fingerprint density at radius 2 is 2.11 bits per heavy atom. The first kappa shape index (κ1) is 12.0. The fourth-order valence-electron chi connectivity index (χ4n) is 1.56. The van der Waals surface area contributed by atoms with E-state index in [1.54, 1.807) is 18.3 Å². The molecule has 2 aromatic rings. The van der Waals surface area contributed by atoms with Gasteiger partial charge in [-0.15, -0.1) is 0 Å². The fourth-order valence-corrected chi connectivity index (χ4v) is 1.56. The number of aromatic nitrogens is 1. The Balaban J connectivity index is 2.21. The van der Waals surface area contributed by atoms with Crippen molar-refractivity contribution in [1.29, 1.82) is 0 Å². The molecule has 0 aliphatic heterocycles. The van der Waals surface area contributed by atoms with Crippen molar-refractivity contribution in [2.24, 2.45) is 0 Å². The predicted octanol–water partition coefficient (Wildman–Crippen LogP) is 2.53. The lowest BCUT2D eigenvalue weighted by molar-refractivity contribution is 0.0697. The fraction of sp³-hybridized carbons (Fsp3) is 0.0769. The summed E-state index contributed by atoms with van der Waals surface area (Å²) in [6.45, 7) is 0.266. The number of carboxylic acid groups (broad SMARTS) is 1. The average molecular weight is 246 g/mol. The van der Waals surface area contributed by atoms with Crippen molar-refractivity contribution in [3.8, 4) is 0 Å². The van der Waals surface area contributed by atoms with E-state index in [0.29, 0.717) is 5.69 Å². The normalized spacial score (nSPS) is 10.1. The van der Waals surface area contributed by atoms with Crippen LogP contribution in [0.3, 0.4) is 0 Å². The molecule has 0 aliphatic carbocycles. The number of hydrogen-bond acceptors (Lipinski definition) is 3. The van der Waals surface area contributed by atoms with Gasteiger partial charge < -0.3 is 10.4 Å². The number of rotatable bonds is 4. The molecule has 1 heterocycles. The van der Waals surface area contributed by atoms with Crippen molar-refractivity contribution in [2.75, 3.05) is 5.32 Å². The number of pyridine rings is 1. The van der Waals surface area contributed by atoms with Gasteiger partial charge in [0, 0.05) is 6.20 Å². The summed E-state index contributed by atoms with van der Waals surface area (Å²) < 4.78 is 13.6. The van der Waals surface area contributed by atoms with Gasteiger partial charge in [0.15, 0.2) is 0 Å². The Bertz CT molecular complexity index is 558. The average Bonchev–Trinajstić information content (AvgIpc) is 2.38. The van der Waals surface area contributed by atoms with Gasteiger partial charge in [-0.25, -0.2) is 9.18 Å². The first-order chi connectivity index (χ1) is 8.68. The number of carboxylic acids is 1. The third-order valence-corrected chi connectivity index (χ3v) is 2.42. The molecule has 0 amide bonds. The molecule has 0 aliphatic rings. The molecule has 0 saturated heterocycles. The van der Waals surface area contributed by atoms with E-state index in [4.69, 9.17) is 5.11 Å². The van der Waals surface area contributed by atoms with E-state index >= 15 is 0 Å². The van der Waals surface area contributed by atoms with Gasteiger partial charge >= 0.3 is 5.97 Å². The summed E-state index contributed by atoms with van der Waals surface area (Å²) in [6, 6.07) is 9.29. The lowest BCUT2D eigenvalue weighted by Crippen LogP contribution is -2.09. The van der Waals surface area contributed by atoms with E-state index in [2.05, 4.69) is 10.3 Å². The smallest absolute Gasteiger partial charge is 0.337 e. The number of para-hydroxylation sites is 1. The Kier molecular flexibility index (Phi) is 3.52. The summed E-state index contributed by atoms with van der Waals surface area (Å²) in [5.74, 6) is -1.76. The van der Waals surface area contributed by atoms with Crippen LogP contribution in [0.4, 0.5) is 10.1 Å². The number of nitrogens with zero attached hydrogens (tertiary/aromatic N) is 1. The van der Waals surface area contributed by atoms with Crippen molar-refractivity contribution < 1.29 is 14.3 Å². The topological polar surface area (TPSA) is 62.2 Å². The first-order valence-corrected chi connectivity index (χ1v) is 5.34. The van der Waals surface area contributed by atoms with Gasteiger partial charge in [-0.2, -0.15) is 0 Å². The van der Waals surface area contributed by atoms with Crippen LogP contribution in [0.25, 0.3) is 0 Å². The molecule has 18 heavy (non-hydrogen) atoms. The summed E-state index contributed by atoms with van der Waals surface area (Å²) in [4.78, 5) is 15.0. The monoisotopic (exact) mass is 246 g/mol. The maximum absolute atomic E-state index is 13.6. The highest BCUT2D eigenvalue weighted by atomic mass is 19.1. The number of anilines is 1. The van der Waals surface area contributed by atoms with E-state index in [-0.39, 0.29) is 17.8 Å². The van der Waals surface area contributed by atoms with Crippen molar-refractivity contribution in [3.05, 3.63) is 59.7 Å². The van der Waals surface area contributed by atoms with Crippen LogP contribution >= 0.6 is 0 Å². The van der Waals surface area contributed by atoms with Gasteiger partial charge in [-0.05, 0) is 24.3 Å². The Morgan fingerprint density at radius 3 is 2.78 bits per heavy atom. The van der Waals surface area contributed by atoms with Gasteiger partial charge in [0.2, 0.25) is 0 Å². The molecule has 1 aromatic carbocycles. The second-order valence-corrected chi connectivity index (χ2v) is 3.64. The van der Waals surface area contributed by atoms with E-state index in [0.717, 1.165) is 0 Å². The Hall–Kier alpha value is -2.43. The van der Waals surface area contributed by atoms with Crippen LogP contribution in [0.1, 0.15) is 16.1 Å². The minimum atomic E-state index is -1.17. The summed E-state index contributed by atoms with van der Waals surface area (Å²) in [5.41, 5.74) is 0.596.